The summed E-state index contributed by atoms with van der Waals surface area (Å²) in [5.41, 5.74) is 2.49. The van der Waals surface area contributed by atoms with Crippen molar-refractivity contribution in [2.24, 2.45) is 0 Å². The molecule has 6 heteroatoms. The molecule has 0 spiro atoms. The van der Waals surface area contributed by atoms with Crippen LogP contribution in [0.4, 0.5) is 0 Å². The quantitative estimate of drug-likeness (QED) is 0.845. The van der Waals surface area contributed by atoms with Gasteiger partial charge in [0.1, 0.15) is 12.3 Å². The van der Waals surface area contributed by atoms with E-state index in [-0.39, 0.29) is 12.5 Å². The number of nitrogens with one attached hydrogen (secondary N) is 1. The van der Waals surface area contributed by atoms with E-state index in [0.29, 0.717) is 17.7 Å². The summed E-state index contributed by atoms with van der Waals surface area (Å²) in [7, 11) is 1.58. The molecule has 0 unspecified atom stereocenters. The van der Waals surface area contributed by atoms with Gasteiger partial charge < -0.3 is 10.1 Å². The van der Waals surface area contributed by atoms with Crippen LogP contribution in [-0.2, 0) is 11.3 Å². The molecule has 2 aromatic rings. The van der Waals surface area contributed by atoms with Crippen LogP contribution in [0.3, 0.4) is 0 Å². The third-order valence-electron chi connectivity index (χ3n) is 4.08. The Morgan fingerprint density at radius 2 is 1.72 bits per heavy atom. The Bertz CT molecular complexity index is 843. The minimum absolute atomic E-state index is 0.290. The molecule has 0 aromatic heterocycles. The zero-order valence-electron chi connectivity index (χ0n) is 14.0. The van der Waals surface area contributed by atoms with Crippen LogP contribution in [0.5, 0.6) is 5.75 Å². The van der Waals surface area contributed by atoms with Crippen molar-refractivity contribution in [2.75, 3.05) is 13.7 Å². The number of aryl methyl sites for hydroxylation is 1. The van der Waals surface area contributed by atoms with E-state index >= 15 is 0 Å². The van der Waals surface area contributed by atoms with Crippen molar-refractivity contribution >= 4 is 17.7 Å². The van der Waals surface area contributed by atoms with Gasteiger partial charge in [-0.1, -0.05) is 23.8 Å². The number of amides is 3. The standard InChI is InChI=1S/C19H18N2O4/c1-12-3-8-15-16(9-12)19(24)21(18(15)23)11-17(22)20-10-13-4-6-14(25-2)7-5-13/h3-9H,10-11H2,1-2H3,(H,20,22). The number of methoxy groups -OCH3 is 1. The van der Waals surface area contributed by atoms with E-state index in [9.17, 15) is 14.4 Å². The molecule has 1 heterocycles. The second-order valence-electron chi connectivity index (χ2n) is 5.87. The fraction of sp³-hybridized carbons (Fsp3) is 0.211. The summed E-state index contributed by atoms with van der Waals surface area (Å²) in [6, 6.07) is 12.3. The highest BCUT2D eigenvalue weighted by atomic mass is 16.5. The third-order valence-corrected chi connectivity index (χ3v) is 4.08. The van der Waals surface area contributed by atoms with Crippen LogP contribution in [0, 0.1) is 6.92 Å². The van der Waals surface area contributed by atoms with Crippen LogP contribution in [0.2, 0.25) is 0 Å². The lowest BCUT2D eigenvalue weighted by molar-refractivity contribution is -0.121. The number of fused-ring (bicyclic) bond motifs is 1. The molecule has 128 valence electrons. The van der Waals surface area contributed by atoms with Crippen LogP contribution < -0.4 is 10.1 Å². The summed E-state index contributed by atoms with van der Waals surface area (Å²) in [6.45, 7) is 1.87. The summed E-state index contributed by atoms with van der Waals surface area (Å²) in [4.78, 5) is 37.8. The zero-order chi connectivity index (χ0) is 18.0. The average molecular weight is 338 g/mol. The number of rotatable bonds is 5. The van der Waals surface area contributed by atoms with Crippen molar-refractivity contribution in [1.82, 2.24) is 10.2 Å². The van der Waals surface area contributed by atoms with E-state index in [2.05, 4.69) is 5.32 Å². The van der Waals surface area contributed by atoms with Gasteiger partial charge in [0.05, 0.1) is 18.2 Å². The Balaban J connectivity index is 1.61. The second-order valence-corrected chi connectivity index (χ2v) is 5.87. The van der Waals surface area contributed by atoms with Gasteiger partial charge in [0.25, 0.3) is 11.8 Å². The Kier molecular flexibility index (Phi) is 4.52. The lowest BCUT2D eigenvalue weighted by Gasteiger charge is -2.13. The topological polar surface area (TPSA) is 75.7 Å². The number of nitrogens with zero attached hydrogens (tertiary/aromatic N) is 1. The molecule has 0 atom stereocenters. The first-order valence-electron chi connectivity index (χ1n) is 7.86. The molecule has 1 aliphatic heterocycles. The smallest absolute Gasteiger partial charge is 0.262 e. The predicted octanol–water partition coefficient (Wildman–Crippen LogP) is 1.92. The summed E-state index contributed by atoms with van der Waals surface area (Å²) in [5.74, 6) is -0.513. The summed E-state index contributed by atoms with van der Waals surface area (Å²) >= 11 is 0. The van der Waals surface area contributed by atoms with E-state index < -0.39 is 11.8 Å². The van der Waals surface area contributed by atoms with Gasteiger partial charge in [-0.05, 0) is 36.8 Å². The van der Waals surface area contributed by atoms with Gasteiger partial charge in [-0.2, -0.15) is 0 Å². The van der Waals surface area contributed by atoms with E-state index in [4.69, 9.17) is 4.74 Å². The minimum Gasteiger partial charge on any atom is -0.497 e. The number of carbonyl (C=O) groups is 3. The van der Waals surface area contributed by atoms with Crippen LogP contribution in [0.25, 0.3) is 0 Å². The van der Waals surface area contributed by atoms with Gasteiger partial charge in [-0.3, -0.25) is 19.3 Å². The van der Waals surface area contributed by atoms with Crippen LogP contribution in [0.15, 0.2) is 42.5 Å². The maximum atomic E-state index is 12.4. The highest BCUT2D eigenvalue weighted by molar-refractivity contribution is 6.22. The molecule has 6 nitrogen and oxygen atoms in total. The number of ether oxygens (including phenoxy) is 1. The SMILES string of the molecule is COc1ccc(CNC(=O)CN2C(=O)c3ccc(C)cc3C2=O)cc1. The maximum absolute atomic E-state index is 12.4. The summed E-state index contributed by atoms with van der Waals surface area (Å²) in [5, 5.41) is 2.72. The number of carbonyl (C=O) groups excluding carboxylic acids is 3. The first-order chi connectivity index (χ1) is 12.0. The normalized spacial score (nSPS) is 13.0. The lowest BCUT2D eigenvalue weighted by atomic mass is 10.1. The molecular formula is C19H18N2O4. The van der Waals surface area contributed by atoms with Gasteiger partial charge in [0.15, 0.2) is 0 Å². The van der Waals surface area contributed by atoms with Gasteiger partial charge >= 0.3 is 0 Å². The molecular weight excluding hydrogens is 320 g/mol. The Morgan fingerprint density at radius 3 is 2.40 bits per heavy atom. The molecule has 3 rings (SSSR count). The first-order valence-corrected chi connectivity index (χ1v) is 7.86. The van der Waals surface area contributed by atoms with E-state index in [1.165, 1.54) is 0 Å². The number of hydrogen-bond donors (Lipinski definition) is 1. The highest BCUT2D eigenvalue weighted by Gasteiger charge is 2.36. The molecule has 0 aliphatic carbocycles. The average Bonchev–Trinajstić information content (AvgIpc) is 2.85. The molecule has 2 aromatic carbocycles. The van der Waals surface area contributed by atoms with Crippen LogP contribution >= 0.6 is 0 Å². The van der Waals surface area contributed by atoms with Crippen molar-refractivity contribution in [1.29, 1.82) is 0 Å². The predicted molar refractivity (Wildman–Crippen MR) is 91.4 cm³/mol. The van der Waals surface area contributed by atoms with Crippen LogP contribution in [0.1, 0.15) is 31.8 Å². The maximum Gasteiger partial charge on any atom is 0.262 e. The number of imide groups is 1. The molecule has 1 aliphatic rings. The molecule has 1 N–H and O–H groups in total. The molecule has 25 heavy (non-hydrogen) atoms. The van der Waals surface area contributed by atoms with Gasteiger partial charge in [-0.25, -0.2) is 0 Å². The Hall–Kier alpha value is -3.15. The van der Waals surface area contributed by atoms with Gasteiger partial charge in [0.2, 0.25) is 5.91 Å². The van der Waals surface area contributed by atoms with Crippen molar-refractivity contribution in [3.8, 4) is 5.75 Å². The molecule has 0 saturated heterocycles. The van der Waals surface area contributed by atoms with Crippen molar-refractivity contribution in [3.05, 3.63) is 64.7 Å². The minimum atomic E-state index is -0.431. The molecule has 0 fully saturated rings. The Morgan fingerprint density at radius 1 is 1.04 bits per heavy atom. The zero-order valence-corrected chi connectivity index (χ0v) is 14.0. The van der Waals surface area contributed by atoms with Crippen molar-refractivity contribution < 1.29 is 19.1 Å². The van der Waals surface area contributed by atoms with E-state index in [0.717, 1.165) is 21.8 Å². The highest BCUT2D eigenvalue weighted by Crippen LogP contribution is 2.23. The summed E-state index contributed by atoms with van der Waals surface area (Å²) in [6.07, 6.45) is 0. The monoisotopic (exact) mass is 338 g/mol. The molecule has 0 radical (unpaired) electrons. The third kappa shape index (κ3) is 3.38. The number of benzene rings is 2. The van der Waals surface area contributed by atoms with E-state index in [1.54, 1.807) is 37.4 Å². The van der Waals surface area contributed by atoms with E-state index in [1.807, 2.05) is 19.1 Å². The lowest BCUT2D eigenvalue weighted by Crippen LogP contribution is -2.40. The molecule has 0 bridgehead atoms. The number of hydrogen-bond acceptors (Lipinski definition) is 4. The van der Waals surface area contributed by atoms with Gasteiger partial charge in [-0.15, -0.1) is 0 Å². The fourth-order valence-electron chi connectivity index (χ4n) is 2.69. The van der Waals surface area contributed by atoms with Crippen LogP contribution in [-0.4, -0.2) is 36.3 Å². The fourth-order valence-corrected chi connectivity index (χ4v) is 2.69. The summed E-state index contributed by atoms with van der Waals surface area (Å²) < 4.78 is 5.08. The molecule has 0 saturated carbocycles. The van der Waals surface area contributed by atoms with Crippen molar-refractivity contribution in [2.45, 2.75) is 13.5 Å². The molecule has 3 amide bonds. The van der Waals surface area contributed by atoms with Crippen molar-refractivity contribution in [3.63, 3.8) is 0 Å². The largest absolute Gasteiger partial charge is 0.497 e. The Labute approximate surface area is 145 Å². The first kappa shape index (κ1) is 16.7. The van der Waals surface area contributed by atoms with Gasteiger partial charge in [0, 0.05) is 6.54 Å². The second kappa shape index (κ2) is 6.76.